The van der Waals surface area contributed by atoms with Crippen molar-refractivity contribution in [1.82, 2.24) is 5.32 Å². The maximum absolute atomic E-state index is 4.26. The van der Waals surface area contributed by atoms with E-state index in [-0.39, 0.29) is 20.4 Å². The van der Waals surface area contributed by atoms with Crippen LogP contribution in [-0.4, -0.2) is 25.2 Å². The summed E-state index contributed by atoms with van der Waals surface area (Å²) < 4.78 is 0. The number of hydrogen-bond acceptors (Lipinski definition) is 1. The number of nitrogens with zero attached hydrogens (tertiary/aromatic N) is 1. The van der Waals surface area contributed by atoms with E-state index in [0.717, 1.165) is 13.1 Å². The zero-order valence-corrected chi connectivity index (χ0v) is 9.32. The minimum absolute atomic E-state index is 0. The first kappa shape index (κ1) is 10.6. The molecule has 1 aliphatic rings. The Morgan fingerprint density at radius 2 is 2.20 bits per heavy atom. The van der Waals surface area contributed by atoms with Crippen LogP contribution < -0.4 is 5.32 Å². The molecule has 1 unspecified atom stereocenters. The summed E-state index contributed by atoms with van der Waals surface area (Å²) in [7, 11) is 0. The third-order valence-electron chi connectivity index (χ3n) is 1.55. The van der Waals surface area contributed by atoms with Gasteiger partial charge in [-0.1, -0.05) is 20.3 Å². The zero-order valence-electron chi connectivity index (χ0n) is 6.60. The van der Waals surface area contributed by atoms with Crippen molar-refractivity contribution in [2.75, 3.05) is 13.1 Å². The Kier molecular flexibility index (Phi) is 5.57. The van der Waals surface area contributed by atoms with E-state index < -0.39 is 0 Å². The van der Waals surface area contributed by atoms with Gasteiger partial charge in [0.25, 0.3) is 0 Å². The topological polar surface area (TPSA) is 26.1 Å². The smallest absolute Gasteiger partial charge is 0.00122 e. The van der Waals surface area contributed by atoms with E-state index in [9.17, 15) is 0 Å². The first-order valence-electron chi connectivity index (χ1n) is 3.68. The van der Waals surface area contributed by atoms with Crippen LogP contribution >= 0.6 is 0 Å². The molecule has 1 saturated heterocycles. The molecule has 0 aromatic carbocycles. The van der Waals surface area contributed by atoms with Crippen LogP contribution in [0.15, 0.2) is 0 Å². The molecular formula is C7H15N2Re-. The molecule has 0 aromatic heterocycles. The molecule has 1 atom stereocenters. The van der Waals surface area contributed by atoms with Crippen molar-refractivity contribution >= 4 is 0 Å². The first-order valence-corrected chi connectivity index (χ1v) is 3.68. The van der Waals surface area contributed by atoms with Gasteiger partial charge in [0, 0.05) is 26.5 Å². The molecule has 1 fully saturated rings. The fourth-order valence-corrected chi connectivity index (χ4v) is 1.19. The average Bonchev–Trinajstić information content (AvgIpc) is 2.15. The van der Waals surface area contributed by atoms with E-state index in [1.54, 1.807) is 0 Å². The maximum atomic E-state index is 4.26. The molecule has 0 saturated carbocycles. The summed E-state index contributed by atoms with van der Waals surface area (Å²) in [6.07, 6.45) is 1.23. The van der Waals surface area contributed by atoms with Gasteiger partial charge in [0.15, 0.2) is 0 Å². The molecule has 1 radical (unpaired) electrons. The maximum Gasteiger partial charge on any atom is 0.00122 e. The number of hydrogen-bond donors (Lipinski definition) is 1. The van der Waals surface area contributed by atoms with Crippen molar-refractivity contribution in [2.45, 2.75) is 32.4 Å². The van der Waals surface area contributed by atoms with Crippen LogP contribution in [0.2, 0.25) is 0 Å². The molecule has 1 aliphatic heterocycles. The van der Waals surface area contributed by atoms with Crippen LogP contribution in [0.1, 0.15) is 20.3 Å². The summed E-state index contributed by atoms with van der Waals surface area (Å²) >= 11 is 0. The standard InChI is InChI=1S/C7H15N2.Re/c1-6(2)9-7-3-4-8-5-7;/h6-7,9H,3-5H2,1-2H3;/q-1;. The Hall–Kier alpha value is 0.582. The van der Waals surface area contributed by atoms with Gasteiger partial charge in [0.05, 0.1) is 0 Å². The van der Waals surface area contributed by atoms with Crippen molar-refractivity contribution in [3.8, 4) is 0 Å². The summed E-state index contributed by atoms with van der Waals surface area (Å²) in [5.41, 5.74) is 0. The minimum Gasteiger partial charge on any atom is -0.661 e. The molecule has 0 spiro atoms. The second-order valence-corrected chi connectivity index (χ2v) is 2.94. The van der Waals surface area contributed by atoms with E-state index in [1.165, 1.54) is 6.42 Å². The van der Waals surface area contributed by atoms with Crippen LogP contribution in [0.5, 0.6) is 0 Å². The van der Waals surface area contributed by atoms with Gasteiger partial charge in [0.2, 0.25) is 0 Å². The molecule has 1 N–H and O–H groups in total. The molecule has 0 aliphatic carbocycles. The van der Waals surface area contributed by atoms with Crippen LogP contribution in [-0.2, 0) is 20.4 Å². The second kappa shape index (κ2) is 5.26. The summed E-state index contributed by atoms with van der Waals surface area (Å²) in [4.78, 5) is 0. The van der Waals surface area contributed by atoms with Gasteiger partial charge in [-0.15, -0.1) is 13.1 Å². The molecule has 1 rings (SSSR count). The molecule has 2 nitrogen and oxygen atoms in total. The SMILES string of the molecule is CC(C)NC1CC[N-]C1.[Re]. The summed E-state index contributed by atoms with van der Waals surface area (Å²) in [5, 5.41) is 7.70. The Morgan fingerprint density at radius 1 is 1.50 bits per heavy atom. The Labute approximate surface area is 76.8 Å². The summed E-state index contributed by atoms with van der Waals surface area (Å²) in [5.74, 6) is 0. The van der Waals surface area contributed by atoms with E-state index in [0.29, 0.717) is 12.1 Å². The molecule has 10 heavy (non-hydrogen) atoms. The molecular weight excluding hydrogens is 298 g/mol. The van der Waals surface area contributed by atoms with Crippen LogP contribution in [0.4, 0.5) is 0 Å². The van der Waals surface area contributed by atoms with E-state index in [4.69, 9.17) is 0 Å². The van der Waals surface area contributed by atoms with Crippen molar-refractivity contribution in [1.29, 1.82) is 0 Å². The monoisotopic (exact) mass is 314 g/mol. The average molecular weight is 313 g/mol. The Bertz CT molecular complexity index is 79.7. The van der Waals surface area contributed by atoms with E-state index in [1.807, 2.05) is 0 Å². The molecule has 0 aromatic rings. The number of rotatable bonds is 2. The first-order chi connectivity index (χ1) is 4.29. The number of nitrogens with one attached hydrogen (secondary N) is 1. The Morgan fingerprint density at radius 3 is 2.60 bits per heavy atom. The van der Waals surface area contributed by atoms with Crippen molar-refractivity contribution in [3.63, 3.8) is 0 Å². The predicted molar refractivity (Wildman–Crippen MR) is 39.8 cm³/mol. The van der Waals surface area contributed by atoms with Crippen molar-refractivity contribution in [2.24, 2.45) is 0 Å². The summed E-state index contributed by atoms with van der Waals surface area (Å²) in [6, 6.07) is 1.29. The largest absolute Gasteiger partial charge is 0.661 e. The zero-order chi connectivity index (χ0) is 6.69. The van der Waals surface area contributed by atoms with Gasteiger partial charge in [-0.2, -0.15) is 0 Å². The van der Waals surface area contributed by atoms with Gasteiger partial charge in [-0.3, -0.25) is 0 Å². The molecule has 0 amide bonds. The van der Waals surface area contributed by atoms with Gasteiger partial charge in [-0.05, 0) is 6.04 Å². The van der Waals surface area contributed by atoms with Crippen LogP contribution in [0.25, 0.3) is 5.32 Å². The van der Waals surface area contributed by atoms with Crippen molar-refractivity contribution < 1.29 is 20.4 Å². The molecule has 61 valence electrons. The predicted octanol–water partition coefficient (Wildman–Crippen LogP) is 1.13. The van der Waals surface area contributed by atoms with E-state index >= 15 is 0 Å². The second-order valence-electron chi connectivity index (χ2n) is 2.94. The van der Waals surface area contributed by atoms with Gasteiger partial charge < -0.3 is 10.6 Å². The molecule has 3 heteroatoms. The van der Waals surface area contributed by atoms with Gasteiger partial charge >= 0.3 is 0 Å². The molecule has 0 bridgehead atoms. The van der Waals surface area contributed by atoms with E-state index in [2.05, 4.69) is 24.5 Å². The quantitative estimate of drug-likeness (QED) is 0.813. The fraction of sp³-hybridized carbons (Fsp3) is 1.00. The summed E-state index contributed by atoms with van der Waals surface area (Å²) in [6.45, 7) is 6.44. The third kappa shape index (κ3) is 3.68. The van der Waals surface area contributed by atoms with Gasteiger partial charge in [0.1, 0.15) is 0 Å². The molecule has 1 heterocycles. The normalized spacial score (nSPS) is 24.9. The van der Waals surface area contributed by atoms with Gasteiger partial charge in [-0.25, -0.2) is 0 Å². The third-order valence-corrected chi connectivity index (χ3v) is 1.55. The van der Waals surface area contributed by atoms with Crippen LogP contribution in [0.3, 0.4) is 0 Å². The Balaban J connectivity index is 0.000000810. The van der Waals surface area contributed by atoms with Crippen molar-refractivity contribution in [3.05, 3.63) is 5.32 Å². The minimum atomic E-state index is 0. The van der Waals surface area contributed by atoms with Crippen LogP contribution in [0, 0.1) is 0 Å². The fourth-order valence-electron chi connectivity index (χ4n) is 1.19.